The summed E-state index contributed by atoms with van der Waals surface area (Å²) in [4.78, 5) is 29.4. The smallest absolute Gasteiger partial charge is 0.324 e. The highest BCUT2D eigenvalue weighted by molar-refractivity contribution is 6.30. The molecular formula is C36H38ClN7O2. The van der Waals surface area contributed by atoms with Gasteiger partial charge in [0, 0.05) is 62.0 Å². The Labute approximate surface area is 275 Å². The minimum absolute atomic E-state index is 0.136. The highest BCUT2D eigenvalue weighted by atomic mass is 35.5. The third kappa shape index (κ3) is 6.16. The van der Waals surface area contributed by atoms with Crippen LogP contribution in [0, 0.1) is 18.3 Å². The summed E-state index contributed by atoms with van der Waals surface area (Å²) in [5.74, 6) is 0.937. The number of benzene rings is 2. The molecule has 0 radical (unpaired) electrons. The van der Waals surface area contributed by atoms with E-state index in [1.807, 2.05) is 55.5 Å². The van der Waals surface area contributed by atoms with E-state index in [-0.39, 0.29) is 12.1 Å². The number of hydrogen-bond donors (Lipinski definition) is 1. The van der Waals surface area contributed by atoms with Crippen LogP contribution < -0.4 is 4.90 Å². The molecule has 236 valence electrons. The molecule has 9 nitrogen and oxygen atoms in total. The number of pyridine rings is 1. The number of aromatic nitrogens is 3. The van der Waals surface area contributed by atoms with E-state index in [0.29, 0.717) is 49.0 Å². The number of urea groups is 1. The van der Waals surface area contributed by atoms with Gasteiger partial charge in [-0.05, 0) is 98.5 Å². The molecule has 2 aliphatic rings. The minimum atomic E-state index is -1.15. The maximum Gasteiger partial charge on any atom is 0.324 e. The lowest BCUT2D eigenvalue weighted by molar-refractivity contribution is 0.0533. The summed E-state index contributed by atoms with van der Waals surface area (Å²) in [6, 6.07) is 18.4. The highest BCUT2D eigenvalue weighted by Crippen LogP contribution is 2.41. The Morgan fingerprint density at radius 1 is 1.11 bits per heavy atom. The zero-order valence-electron chi connectivity index (χ0n) is 26.6. The number of piperazine rings is 1. The highest BCUT2D eigenvalue weighted by Gasteiger charge is 2.38. The average molecular weight is 636 g/mol. The number of anilines is 1. The normalized spacial score (nSPS) is 17.3. The fourth-order valence-electron chi connectivity index (χ4n) is 6.33. The van der Waals surface area contributed by atoms with Gasteiger partial charge in [0.2, 0.25) is 0 Å². The fourth-order valence-corrected chi connectivity index (χ4v) is 6.50. The van der Waals surface area contributed by atoms with Crippen LogP contribution in [-0.2, 0) is 6.54 Å². The number of imidazole rings is 1. The van der Waals surface area contributed by atoms with Crippen molar-refractivity contribution >= 4 is 35.0 Å². The number of allylic oxidation sites excluding steroid dienone is 1. The van der Waals surface area contributed by atoms with Crippen molar-refractivity contribution in [1.29, 1.82) is 5.26 Å². The van der Waals surface area contributed by atoms with Gasteiger partial charge >= 0.3 is 6.03 Å². The minimum Gasteiger partial charge on any atom is -0.388 e. The number of hydrogen-bond acceptors (Lipinski definition) is 6. The van der Waals surface area contributed by atoms with Gasteiger partial charge in [-0.1, -0.05) is 23.7 Å². The van der Waals surface area contributed by atoms with Crippen LogP contribution in [0.3, 0.4) is 0 Å². The predicted molar refractivity (Wildman–Crippen MR) is 180 cm³/mol. The molecule has 1 aliphatic carbocycles. The Morgan fingerprint density at radius 3 is 2.50 bits per heavy atom. The molecule has 0 spiro atoms. The molecule has 2 atom stereocenters. The molecule has 1 N–H and O–H groups in total. The molecular weight excluding hydrogens is 598 g/mol. The van der Waals surface area contributed by atoms with Crippen LogP contribution in [0.15, 0.2) is 73.2 Å². The summed E-state index contributed by atoms with van der Waals surface area (Å²) in [5, 5.41) is 20.9. The van der Waals surface area contributed by atoms with Crippen LogP contribution in [0.4, 0.5) is 10.5 Å². The van der Waals surface area contributed by atoms with E-state index in [2.05, 4.69) is 38.7 Å². The second kappa shape index (κ2) is 12.7. The number of nitriles is 1. The Kier molecular flexibility index (Phi) is 8.71. The van der Waals surface area contributed by atoms with E-state index in [9.17, 15) is 15.2 Å². The molecule has 1 fully saturated rings. The van der Waals surface area contributed by atoms with Crippen molar-refractivity contribution in [2.24, 2.45) is 0 Å². The van der Waals surface area contributed by atoms with Crippen LogP contribution in [0.25, 0.3) is 11.6 Å². The summed E-state index contributed by atoms with van der Waals surface area (Å²) in [5.41, 5.74) is 5.36. The van der Waals surface area contributed by atoms with Crippen molar-refractivity contribution in [1.82, 2.24) is 24.3 Å². The molecule has 10 heteroatoms. The van der Waals surface area contributed by atoms with E-state index in [0.717, 1.165) is 33.8 Å². The largest absolute Gasteiger partial charge is 0.388 e. The first-order chi connectivity index (χ1) is 22.0. The van der Waals surface area contributed by atoms with Gasteiger partial charge < -0.3 is 14.6 Å². The van der Waals surface area contributed by atoms with Crippen LogP contribution in [0.1, 0.15) is 60.6 Å². The second-order valence-corrected chi connectivity index (χ2v) is 13.0. The lowest BCUT2D eigenvalue weighted by atomic mass is 9.93. The van der Waals surface area contributed by atoms with E-state index >= 15 is 0 Å². The fraction of sp³-hybridized carbons (Fsp3) is 0.333. The molecule has 4 aromatic rings. The van der Waals surface area contributed by atoms with Gasteiger partial charge in [-0.25, -0.2) is 9.78 Å². The van der Waals surface area contributed by atoms with Gasteiger partial charge in [0.1, 0.15) is 5.82 Å². The molecule has 2 aromatic heterocycles. The third-order valence-corrected chi connectivity index (χ3v) is 9.46. The Bertz CT molecular complexity index is 1810. The molecule has 0 bridgehead atoms. The molecule has 6 rings (SSSR count). The molecule has 2 amide bonds. The maximum atomic E-state index is 14.1. The zero-order chi connectivity index (χ0) is 32.6. The molecule has 46 heavy (non-hydrogen) atoms. The van der Waals surface area contributed by atoms with E-state index in [1.165, 1.54) is 0 Å². The molecule has 3 heterocycles. The van der Waals surface area contributed by atoms with Gasteiger partial charge in [-0.3, -0.25) is 14.8 Å². The third-order valence-electron chi connectivity index (χ3n) is 9.22. The average Bonchev–Trinajstić information content (AvgIpc) is 3.40. The number of fused-ring (bicyclic) bond motifs is 2. The molecule has 1 aliphatic heterocycles. The second-order valence-electron chi connectivity index (χ2n) is 12.5. The lowest BCUT2D eigenvalue weighted by Crippen LogP contribution is -2.58. The number of carbonyl (C=O) groups is 1. The van der Waals surface area contributed by atoms with Crippen molar-refractivity contribution in [3.8, 4) is 6.07 Å². The Balaban J connectivity index is 1.30. The number of aliphatic hydroxyl groups is 1. The number of rotatable bonds is 6. The van der Waals surface area contributed by atoms with Crippen molar-refractivity contribution in [3.63, 3.8) is 0 Å². The van der Waals surface area contributed by atoms with E-state index in [4.69, 9.17) is 16.6 Å². The van der Waals surface area contributed by atoms with Crippen LogP contribution in [0.5, 0.6) is 0 Å². The molecule has 0 saturated carbocycles. The maximum absolute atomic E-state index is 14.1. The monoisotopic (exact) mass is 635 g/mol. The van der Waals surface area contributed by atoms with E-state index < -0.39 is 11.6 Å². The van der Waals surface area contributed by atoms with Gasteiger partial charge in [0.15, 0.2) is 0 Å². The summed E-state index contributed by atoms with van der Waals surface area (Å²) in [7, 11) is 0. The topological polar surface area (TPSA) is 102 Å². The quantitative estimate of drug-likeness (QED) is 0.272. The van der Waals surface area contributed by atoms with Crippen molar-refractivity contribution in [2.75, 3.05) is 31.1 Å². The van der Waals surface area contributed by atoms with Gasteiger partial charge in [0.25, 0.3) is 0 Å². The number of halogens is 1. The van der Waals surface area contributed by atoms with E-state index in [1.54, 1.807) is 43.0 Å². The lowest BCUT2D eigenvalue weighted by Gasteiger charge is -2.43. The van der Waals surface area contributed by atoms with Crippen molar-refractivity contribution in [2.45, 2.75) is 51.9 Å². The summed E-state index contributed by atoms with van der Waals surface area (Å²) >= 11 is 6.60. The molecule has 2 aromatic carbocycles. The zero-order valence-corrected chi connectivity index (χ0v) is 27.3. The first-order valence-corrected chi connectivity index (χ1v) is 15.9. The summed E-state index contributed by atoms with van der Waals surface area (Å²) < 4.78 is 2.13. The number of carbonyl (C=O) groups excluding carboxylic acids is 1. The number of nitrogens with zero attached hydrogens (tertiary/aromatic N) is 7. The number of amides is 2. The SMILES string of the molecule is Cc1nccn1CC1=Cc2cccnc2C(N2CCN(C(=O)N(c3ccc(C#N)cc3)C(C)C(C)(C)O)CC2)c2ccc(Cl)cc21. The Morgan fingerprint density at radius 2 is 1.85 bits per heavy atom. The predicted octanol–water partition coefficient (Wildman–Crippen LogP) is 6.16. The Hall–Kier alpha value is -4.49. The van der Waals surface area contributed by atoms with Crippen molar-refractivity contribution < 1.29 is 9.90 Å². The van der Waals surface area contributed by atoms with Crippen LogP contribution in [0.2, 0.25) is 5.02 Å². The van der Waals surface area contributed by atoms with Gasteiger partial charge in [-0.15, -0.1) is 0 Å². The summed E-state index contributed by atoms with van der Waals surface area (Å²) in [6.45, 7) is 10.2. The first-order valence-electron chi connectivity index (χ1n) is 15.5. The number of aryl methyl sites for hydroxylation is 1. The van der Waals surface area contributed by atoms with Crippen LogP contribution >= 0.6 is 11.6 Å². The first kappa shape index (κ1) is 31.5. The standard InChI is InChI=1S/C36H38ClN7O2/c1-24(36(3,4)46)44(30-10-7-26(22-38)8-11-30)35(45)42-18-16-41(17-19-42)34-31-12-9-29(37)21-32(31)28(23-43-15-14-39-25(43)2)20-27-6-5-13-40-33(27)34/h5-15,20-21,24,34,46H,16-19,23H2,1-4H3. The van der Waals surface area contributed by atoms with Crippen LogP contribution in [-0.4, -0.2) is 73.3 Å². The molecule has 2 unspecified atom stereocenters. The van der Waals surface area contributed by atoms with Gasteiger partial charge in [0.05, 0.1) is 35.0 Å². The summed E-state index contributed by atoms with van der Waals surface area (Å²) in [6.07, 6.45) is 7.86. The van der Waals surface area contributed by atoms with Crippen molar-refractivity contribution in [3.05, 3.63) is 112 Å². The van der Waals surface area contributed by atoms with Gasteiger partial charge in [-0.2, -0.15) is 5.26 Å². The molecule has 1 saturated heterocycles.